The molecule has 0 N–H and O–H groups in total. The van der Waals surface area contributed by atoms with E-state index < -0.39 is 6.11 Å². The number of benzene rings is 2. The number of halogens is 2. The molecular weight excluding hydrogens is 386 g/mol. The summed E-state index contributed by atoms with van der Waals surface area (Å²) >= 11 is 0. The van der Waals surface area contributed by atoms with E-state index in [1.54, 1.807) is 24.3 Å². The maximum atomic E-state index is 13.0. The monoisotopic (exact) mass is 412 g/mol. The number of hydrogen-bond donors (Lipinski definition) is 0. The van der Waals surface area contributed by atoms with Gasteiger partial charge in [-0.05, 0) is 68.2 Å². The molecule has 0 radical (unpaired) electrons. The van der Waals surface area contributed by atoms with Crippen LogP contribution in [0.4, 0.5) is 8.78 Å². The molecule has 2 heterocycles. The molecule has 0 spiro atoms. The summed E-state index contributed by atoms with van der Waals surface area (Å²) in [7, 11) is 0. The van der Waals surface area contributed by atoms with E-state index in [9.17, 15) is 8.78 Å². The lowest BCUT2D eigenvalue weighted by molar-refractivity contribution is -0.158. The number of oxazole rings is 1. The minimum Gasteiger partial charge on any atom is -0.441 e. The molecule has 2 aromatic carbocycles. The number of aromatic nitrogens is 1. The summed E-state index contributed by atoms with van der Waals surface area (Å²) in [6, 6.07) is 14.5. The zero-order chi connectivity index (χ0) is 21.1. The SMILES string of the molecule is Cc1oc(-c2ccc(-c3ccc(OC(C)(F)F)cc3)cc2)nc1CCN1CCCC1. The summed E-state index contributed by atoms with van der Waals surface area (Å²) in [4.78, 5) is 7.18. The van der Waals surface area contributed by atoms with Crippen LogP contribution in [0.1, 0.15) is 31.2 Å². The highest BCUT2D eigenvalue weighted by molar-refractivity contribution is 5.68. The molecule has 6 heteroatoms. The highest BCUT2D eigenvalue weighted by Gasteiger charge is 2.23. The van der Waals surface area contributed by atoms with E-state index in [1.165, 1.54) is 25.9 Å². The van der Waals surface area contributed by atoms with Gasteiger partial charge in [0, 0.05) is 25.5 Å². The van der Waals surface area contributed by atoms with E-state index in [0.717, 1.165) is 48.0 Å². The molecule has 1 aromatic heterocycles. The Bertz CT molecular complexity index is 970. The molecule has 158 valence electrons. The van der Waals surface area contributed by atoms with Gasteiger partial charge >= 0.3 is 6.11 Å². The Morgan fingerprint density at radius 2 is 1.53 bits per heavy atom. The van der Waals surface area contributed by atoms with E-state index in [2.05, 4.69) is 9.64 Å². The molecule has 0 amide bonds. The van der Waals surface area contributed by atoms with Crippen molar-refractivity contribution in [2.24, 2.45) is 0 Å². The first-order valence-corrected chi connectivity index (χ1v) is 10.3. The highest BCUT2D eigenvalue weighted by atomic mass is 19.3. The molecule has 0 atom stereocenters. The maximum absolute atomic E-state index is 13.0. The Labute approximate surface area is 175 Å². The standard InChI is InChI=1S/C24H26F2N2O2/c1-17-22(13-16-28-14-3-4-15-28)27-23(29-17)20-7-5-18(6-8-20)19-9-11-21(12-10-19)30-24(2,25)26/h5-12H,3-4,13-16H2,1-2H3. The van der Waals surface area contributed by atoms with Gasteiger partial charge in [0.05, 0.1) is 5.69 Å². The summed E-state index contributed by atoms with van der Waals surface area (Å²) < 4.78 is 36.4. The van der Waals surface area contributed by atoms with Crippen LogP contribution < -0.4 is 4.74 Å². The number of ether oxygens (including phenoxy) is 1. The third kappa shape index (κ3) is 5.05. The fraction of sp³-hybridized carbons (Fsp3) is 0.375. The van der Waals surface area contributed by atoms with Gasteiger partial charge in [-0.2, -0.15) is 8.78 Å². The van der Waals surface area contributed by atoms with Crippen molar-refractivity contribution in [3.63, 3.8) is 0 Å². The molecule has 3 aromatic rings. The molecule has 4 rings (SSSR count). The number of likely N-dealkylation sites (tertiary alicyclic amines) is 1. The molecule has 0 unspecified atom stereocenters. The Morgan fingerprint density at radius 1 is 0.967 bits per heavy atom. The predicted molar refractivity (Wildman–Crippen MR) is 113 cm³/mol. The lowest BCUT2D eigenvalue weighted by Gasteiger charge is -2.13. The van der Waals surface area contributed by atoms with Crippen molar-refractivity contribution >= 4 is 0 Å². The van der Waals surface area contributed by atoms with Gasteiger partial charge in [0.25, 0.3) is 0 Å². The van der Waals surface area contributed by atoms with Crippen LogP contribution in [0.2, 0.25) is 0 Å². The van der Waals surface area contributed by atoms with Crippen molar-refractivity contribution in [1.82, 2.24) is 9.88 Å². The van der Waals surface area contributed by atoms with Gasteiger partial charge in [-0.25, -0.2) is 4.98 Å². The largest absolute Gasteiger partial charge is 0.441 e. The Balaban J connectivity index is 1.44. The molecule has 1 saturated heterocycles. The number of rotatable bonds is 7. The lowest BCUT2D eigenvalue weighted by atomic mass is 10.0. The smallest absolute Gasteiger partial charge is 0.394 e. The van der Waals surface area contributed by atoms with Gasteiger partial charge in [0.1, 0.15) is 11.5 Å². The quantitative estimate of drug-likeness (QED) is 0.481. The van der Waals surface area contributed by atoms with Crippen molar-refractivity contribution in [3.8, 4) is 28.3 Å². The fourth-order valence-corrected chi connectivity index (χ4v) is 3.78. The number of alkyl halides is 2. The zero-order valence-electron chi connectivity index (χ0n) is 17.3. The summed E-state index contributed by atoms with van der Waals surface area (Å²) in [6.07, 6.45) is 0.287. The average Bonchev–Trinajstić information content (AvgIpc) is 3.35. The van der Waals surface area contributed by atoms with Crippen LogP contribution in [0.25, 0.3) is 22.6 Å². The van der Waals surface area contributed by atoms with Crippen LogP contribution in [0, 0.1) is 6.92 Å². The molecule has 4 nitrogen and oxygen atoms in total. The van der Waals surface area contributed by atoms with Crippen molar-refractivity contribution < 1.29 is 17.9 Å². The number of aryl methyl sites for hydroxylation is 1. The Morgan fingerprint density at radius 3 is 2.13 bits per heavy atom. The normalized spacial score (nSPS) is 14.9. The van der Waals surface area contributed by atoms with Gasteiger partial charge in [0.2, 0.25) is 5.89 Å². The second kappa shape index (κ2) is 8.56. The van der Waals surface area contributed by atoms with Crippen LogP contribution in [0.15, 0.2) is 52.9 Å². The minimum absolute atomic E-state index is 0.139. The van der Waals surface area contributed by atoms with Crippen molar-refractivity contribution in [1.29, 1.82) is 0 Å². The molecule has 0 bridgehead atoms. The number of hydrogen-bond acceptors (Lipinski definition) is 4. The summed E-state index contributed by atoms with van der Waals surface area (Å²) in [5.74, 6) is 1.64. The van der Waals surface area contributed by atoms with Crippen molar-refractivity contribution in [2.45, 2.75) is 39.2 Å². The predicted octanol–water partition coefficient (Wildman–Crippen LogP) is 5.95. The first-order chi connectivity index (χ1) is 14.4. The van der Waals surface area contributed by atoms with Gasteiger partial charge in [0.15, 0.2) is 0 Å². The van der Waals surface area contributed by atoms with Crippen LogP contribution in [0.5, 0.6) is 5.75 Å². The van der Waals surface area contributed by atoms with Crippen LogP contribution in [-0.4, -0.2) is 35.6 Å². The van der Waals surface area contributed by atoms with E-state index >= 15 is 0 Å². The van der Waals surface area contributed by atoms with Crippen LogP contribution in [-0.2, 0) is 6.42 Å². The summed E-state index contributed by atoms with van der Waals surface area (Å²) in [6.45, 7) is 6.07. The van der Waals surface area contributed by atoms with E-state index in [-0.39, 0.29) is 5.75 Å². The van der Waals surface area contributed by atoms with E-state index in [4.69, 9.17) is 9.40 Å². The minimum atomic E-state index is -3.19. The third-order valence-electron chi connectivity index (χ3n) is 5.37. The summed E-state index contributed by atoms with van der Waals surface area (Å²) in [5, 5.41) is 0. The van der Waals surface area contributed by atoms with Crippen molar-refractivity contribution in [3.05, 3.63) is 60.0 Å². The Hall–Kier alpha value is -2.73. The highest BCUT2D eigenvalue weighted by Crippen LogP contribution is 2.28. The second-order valence-corrected chi connectivity index (χ2v) is 7.83. The van der Waals surface area contributed by atoms with E-state index in [1.807, 2.05) is 31.2 Å². The molecular formula is C24H26F2N2O2. The zero-order valence-corrected chi connectivity index (χ0v) is 17.3. The molecule has 30 heavy (non-hydrogen) atoms. The molecule has 1 fully saturated rings. The lowest BCUT2D eigenvalue weighted by Crippen LogP contribution is -2.22. The van der Waals surface area contributed by atoms with E-state index in [0.29, 0.717) is 5.89 Å². The van der Waals surface area contributed by atoms with Crippen molar-refractivity contribution in [2.75, 3.05) is 19.6 Å². The first-order valence-electron chi connectivity index (χ1n) is 10.3. The first kappa shape index (κ1) is 20.5. The molecule has 0 saturated carbocycles. The van der Waals surface area contributed by atoms with Crippen LogP contribution in [0.3, 0.4) is 0 Å². The van der Waals surface area contributed by atoms with Gasteiger partial charge in [-0.15, -0.1) is 0 Å². The third-order valence-corrected chi connectivity index (χ3v) is 5.37. The maximum Gasteiger partial charge on any atom is 0.394 e. The molecule has 1 aliphatic heterocycles. The molecule has 0 aliphatic carbocycles. The summed E-state index contributed by atoms with van der Waals surface area (Å²) in [5.41, 5.74) is 3.83. The second-order valence-electron chi connectivity index (χ2n) is 7.83. The van der Waals surface area contributed by atoms with Gasteiger partial charge in [-0.1, -0.05) is 24.3 Å². The van der Waals surface area contributed by atoms with Crippen LogP contribution >= 0.6 is 0 Å². The van der Waals surface area contributed by atoms with Gasteiger partial charge < -0.3 is 14.1 Å². The Kier molecular flexibility index (Phi) is 5.86. The number of nitrogens with zero attached hydrogens (tertiary/aromatic N) is 2. The average molecular weight is 412 g/mol. The fourth-order valence-electron chi connectivity index (χ4n) is 3.78. The molecule has 1 aliphatic rings. The van der Waals surface area contributed by atoms with Gasteiger partial charge in [-0.3, -0.25) is 0 Å². The topological polar surface area (TPSA) is 38.5 Å².